The van der Waals surface area contributed by atoms with Crippen LogP contribution < -0.4 is 0 Å². The Morgan fingerprint density at radius 1 is 1.11 bits per heavy atom. The van der Waals surface area contributed by atoms with Crippen molar-refractivity contribution in [3.05, 3.63) is 58.9 Å². The number of hydrogen-bond donors (Lipinski definition) is 0. The summed E-state index contributed by atoms with van der Waals surface area (Å²) >= 11 is 0. The molecular formula is C16H12N2. The summed E-state index contributed by atoms with van der Waals surface area (Å²) < 4.78 is 2.18. The fourth-order valence-electron chi connectivity index (χ4n) is 2.38. The van der Waals surface area contributed by atoms with Crippen molar-refractivity contribution in [1.82, 2.24) is 4.57 Å². The minimum absolute atomic E-state index is 0.782. The van der Waals surface area contributed by atoms with Gasteiger partial charge in [-0.1, -0.05) is 24.1 Å². The second-order valence-electron chi connectivity index (χ2n) is 4.37. The topological polar surface area (TPSA) is 28.7 Å². The Hall–Kier alpha value is -2.45. The molecule has 0 radical (unpaired) electrons. The molecule has 2 nitrogen and oxygen atoms in total. The minimum atomic E-state index is 0.782. The summed E-state index contributed by atoms with van der Waals surface area (Å²) in [5.41, 5.74) is 3.90. The van der Waals surface area contributed by atoms with Gasteiger partial charge in [-0.15, -0.1) is 0 Å². The Bertz CT molecular complexity index is 676. The Balaban J connectivity index is 2.00. The SMILES string of the molecule is N#Cc1cc(C#Cc2ccccc2)n2c1CCC2. The maximum Gasteiger partial charge on any atom is 0.101 e. The quantitative estimate of drug-likeness (QED) is 0.642. The molecule has 18 heavy (non-hydrogen) atoms. The molecule has 0 bridgehead atoms. The van der Waals surface area contributed by atoms with E-state index in [0.717, 1.165) is 41.9 Å². The zero-order valence-corrected chi connectivity index (χ0v) is 9.98. The van der Waals surface area contributed by atoms with Gasteiger partial charge in [-0.05, 0) is 37.0 Å². The average Bonchev–Trinajstić information content (AvgIpc) is 3.00. The van der Waals surface area contributed by atoms with Gasteiger partial charge in [-0.3, -0.25) is 0 Å². The number of hydrogen-bond acceptors (Lipinski definition) is 1. The van der Waals surface area contributed by atoms with Crippen LogP contribution in [-0.2, 0) is 13.0 Å². The highest BCUT2D eigenvalue weighted by Crippen LogP contribution is 2.23. The molecule has 0 spiro atoms. The van der Waals surface area contributed by atoms with Crippen LogP contribution in [0, 0.1) is 23.2 Å². The van der Waals surface area contributed by atoms with Crippen LogP contribution in [0.3, 0.4) is 0 Å². The Morgan fingerprint density at radius 2 is 1.94 bits per heavy atom. The van der Waals surface area contributed by atoms with Crippen molar-refractivity contribution in [2.45, 2.75) is 19.4 Å². The summed E-state index contributed by atoms with van der Waals surface area (Å²) in [5, 5.41) is 9.09. The van der Waals surface area contributed by atoms with Crippen molar-refractivity contribution in [1.29, 1.82) is 5.26 Å². The lowest BCUT2D eigenvalue weighted by atomic mass is 10.2. The van der Waals surface area contributed by atoms with Crippen LogP contribution >= 0.6 is 0 Å². The molecule has 0 unspecified atom stereocenters. The molecule has 1 aliphatic rings. The molecule has 0 fully saturated rings. The first-order valence-corrected chi connectivity index (χ1v) is 6.08. The third kappa shape index (κ3) is 1.79. The van der Waals surface area contributed by atoms with E-state index in [1.54, 1.807) is 0 Å². The number of fused-ring (bicyclic) bond motifs is 1. The molecule has 1 aromatic carbocycles. The van der Waals surface area contributed by atoms with Crippen LogP contribution in [0.1, 0.15) is 28.9 Å². The van der Waals surface area contributed by atoms with Gasteiger partial charge in [-0.2, -0.15) is 5.26 Å². The first-order valence-electron chi connectivity index (χ1n) is 6.08. The van der Waals surface area contributed by atoms with E-state index in [0.29, 0.717) is 0 Å². The first kappa shape index (κ1) is 10.7. The van der Waals surface area contributed by atoms with Crippen molar-refractivity contribution in [3.63, 3.8) is 0 Å². The lowest BCUT2D eigenvalue weighted by Crippen LogP contribution is -1.95. The maximum absolute atomic E-state index is 9.09. The van der Waals surface area contributed by atoms with Crippen molar-refractivity contribution >= 4 is 0 Å². The maximum atomic E-state index is 9.09. The molecule has 0 amide bonds. The van der Waals surface area contributed by atoms with Gasteiger partial charge in [0.2, 0.25) is 0 Å². The van der Waals surface area contributed by atoms with Gasteiger partial charge in [-0.25, -0.2) is 0 Å². The molecule has 86 valence electrons. The standard InChI is InChI=1S/C16H12N2/c17-12-14-11-15(18-10-4-7-16(14)18)9-8-13-5-2-1-3-6-13/h1-3,5-6,11H,4,7,10H2. The molecule has 0 N–H and O–H groups in total. The van der Waals surface area contributed by atoms with E-state index >= 15 is 0 Å². The van der Waals surface area contributed by atoms with Crippen LogP contribution in [-0.4, -0.2) is 4.57 Å². The van der Waals surface area contributed by atoms with E-state index in [1.165, 1.54) is 0 Å². The Morgan fingerprint density at radius 3 is 2.72 bits per heavy atom. The summed E-state index contributed by atoms with van der Waals surface area (Å²) in [6.07, 6.45) is 2.11. The first-order chi connectivity index (χ1) is 8.88. The number of nitrogens with zero attached hydrogens (tertiary/aromatic N) is 2. The highest BCUT2D eigenvalue weighted by Gasteiger charge is 2.18. The normalized spacial score (nSPS) is 12.4. The molecule has 2 aromatic rings. The van der Waals surface area contributed by atoms with E-state index in [2.05, 4.69) is 22.5 Å². The van der Waals surface area contributed by atoms with Gasteiger partial charge < -0.3 is 4.57 Å². The molecule has 0 saturated carbocycles. The average molecular weight is 232 g/mol. The second kappa shape index (κ2) is 4.43. The number of rotatable bonds is 0. The summed E-state index contributed by atoms with van der Waals surface area (Å²) in [4.78, 5) is 0. The lowest BCUT2D eigenvalue weighted by molar-refractivity contribution is 0.742. The Labute approximate surface area is 106 Å². The van der Waals surface area contributed by atoms with Gasteiger partial charge in [0.05, 0.1) is 11.3 Å². The summed E-state index contributed by atoms with van der Waals surface area (Å²) in [6.45, 7) is 0.982. The largest absolute Gasteiger partial charge is 0.337 e. The molecule has 0 aliphatic carbocycles. The zero-order valence-electron chi connectivity index (χ0n) is 9.98. The number of benzene rings is 1. The number of nitriles is 1. The third-order valence-electron chi connectivity index (χ3n) is 3.23. The van der Waals surface area contributed by atoms with Gasteiger partial charge in [0.25, 0.3) is 0 Å². The minimum Gasteiger partial charge on any atom is -0.337 e. The molecule has 1 aliphatic heterocycles. The Kier molecular flexibility index (Phi) is 2.63. The fourth-order valence-corrected chi connectivity index (χ4v) is 2.38. The molecule has 0 saturated heterocycles. The zero-order chi connectivity index (χ0) is 12.4. The molecule has 3 rings (SSSR count). The molecule has 2 heteroatoms. The van der Waals surface area contributed by atoms with Crippen molar-refractivity contribution in [2.24, 2.45) is 0 Å². The van der Waals surface area contributed by atoms with Gasteiger partial charge in [0.1, 0.15) is 6.07 Å². The van der Waals surface area contributed by atoms with E-state index in [1.807, 2.05) is 36.4 Å². The van der Waals surface area contributed by atoms with Crippen LogP contribution in [0.4, 0.5) is 0 Å². The molecule has 2 heterocycles. The molecule has 0 atom stereocenters. The monoisotopic (exact) mass is 232 g/mol. The van der Waals surface area contributed by atoms with E-state index < -0.39 is 0 Å². The van der Waals surface area contributed by atoms with Gasteiger partial charge >= 0.3 is 0 Å². The second-order valence-corrected chi connectivity index (χ2v) is 4.37. The lowest BCUT2D eigenvalue weighted by Gasteiger charge is -1.97. The van der Waals surface area contributed by atoms with Crippen molar-refractivity contribution in [2.75, 3.05) is 0 Å². The van der Waals surface area contributed by atoms with Gasteiger partial charge in [0, 0.05) is 17.8 Å². The molecule has 1 aromatic heterocycles. The van der Waals surface area contributed by atoms with Crippen LogP contribution in [0.5, 0.6) is 0 Å². The summed E-state index contributed by atoms with van der Waals surface area (Å²) in [6, 6.07) is 14.1. The highest BCUT2D eigenvalue weighted by atomic mass is 15.0. The summed E-state index contributed by atoms with van der Waals surface area (Å²) in [5.74, 6) is 6.33. The smallest absolute Gasteiger partial charge is 0.101 e. The van der Waals surface area contributed by atoms with Crippen LogP contribution in [0.15, 0.2) is 36.4 Å². The van der Waals surface area contributed by atoms with Crippen LogP contribution in [0.25, 0.3) is 0 Å². The molecular weight excluding hydrogens is 220 g/mol. The van der Waals surface area contributed by atoms with Crippen molar-refractivity contribution < 1.29 is 0 Å². The van der Waals surface area contributed by atoms with Crippen LogP contribution in [0.2, 0.25) is 0 Å². The van der Waals surface area contributed by atoms with Crippen molar-refractivity contribution in [3.8, 4) is 17.9 Å². The highest BCUT2D eigenvalue weighted by molar-refractivity contribution is 5.48. The predicted molar refractivity (Wildman–Crippen MR) is 69.9 cm³/mol. The van der Waals surface area contributed by atoms with E-state index in [4.69, 9.17) is 5.26 Å². The van der Waals surface area contributed by atoms with E-state index in [9.17, 15) is 0 Å². The predicted octanol–water partition coefficient (Wildman–Crippen LogP) is 2.71. The summed E-state index contributed by atoms with van der Waals surface area (Å²) in [7, 11) is 0. The van der Waals surface area contributed by atoms with Gasteiger partial charge in [0.15, 0.2) is 0 Å². The number of aromatic nitrogens is 1. The fraction of sp³-hybridized carbons (Fsp3) is 0.188. The third-order valence-corrected chi connectivity index (χ3v) is 3.23. The van der Waals surface area contributed by atoms with E-state index in [-0.39, 0.29) is 0 Å².